The number of nitriles is 1. The van der Waals surface area contributed by atoms with Gasteiger partial charge in [0, 0.05) is 11.8 Å². The summed E-state index contributed by atoms with van der Waals surface area (Å²) in [6.07, 6.45) is 0.973. The molecule has 19 heavy (non-hydrogen) atoms. The minimum absolute atomic E-state index is 0.0469. The minimum atomic E-state index is -0.614. The number of nitrogens with zero attached hydrogens (tertiary/aromatic N) is 3. The largest absolute Gasteiger partial charge is 0.344 e. The van der Waals surface area contributed by atoms with Crippen LogP contribution in [0.15, 0.2) is 9.95 Å². The van der Waals surface area contributed by atoms with Gasteiger partial charge in [-0.2, -0.15) is 5.26 Å². The smallest absolute Gasteiger partial charge is 0.299 e. The fourth-order valence-corrected chi connectivity index (χ4v) is 2.71. The Morgan fingerprint density at radius 2 is 2.32 bits per heavy atom. The molecule has 6 nitrogen and oxygen atoms in total. The molecule has 1 unspecified atom stereocenters. The van der Waals surface area contributed by atoms with Crippen molar-refractivity contribution < 1.29 is 0 Å². The number of nitrogens with one attached hydrogen (secondary N) is 2. The molecule has 0 spiro atoms. The van der Waals surface area contributed by atoms with E-state index in [9.17, 15) is 10.1 Å². The topological polar surface area (TPSA) is 86.5 Å². The molecular weight excluding hydrogens is 262 g/mol. The fourth-order valence-electron chi connectivity index (χ4n) is 1.58. The van der Waals surface area contributed by atoms with Gasteiger partial charge in [-0.05, 0) is 33.7 Å². The molecule has 0 fully saturated rings. The first-order valence-corrected chi connectivity index (χ1v) is 7.38. The molecule has 0 aliphatic rings. The lowest BCUT2D eigenvalue weighted by Crippen LogP contribution is -2.43. The first-order valence-electron chi connectivity index (χ1n) is 6.39. The van der Waals surface area contributed by atoms with E-state index < -0.39 is 5.54 Å². The zero-order chi connectivity index (χ0) is 14.5. The predicted molar refractivity (Wildman–Crippen MR) is 76.3 cm³/mol. The SMILES string of the molecule is CCCNC(C)(C#N)CSc1n[nH]c(=O)n1C(C)C. The molecule has 1 rings (SSSR count). The molecule has 0 amide bonds. The third-order valence-electron chi connectivity index (χ3n) is 2.69. The van der Waals surface area contributed by atoms with Crippen molar-refractivity contribution >= 4 is 11.8 Å². The van der Waals surface area contributed by atoms with Crippen LogP contribution in [-0.4, -0.2) is 32.6 Å². The van der Waals surface area contributed by atoms with Crippen LogP contribution in [0.5, 0.6) is 0 Å². The highest BCUT2D eigenvalue weighted by Gasteiger charge is 2.24. The molecule has 0 aliphatic carbocycles. The minimum Gasteiger partial charge on any atom is -0.299 e. The molecule has 2 N–H and O–H groups in total. The molecule has 1 heterocycles. The number of aromatic amines is 1. The van der Waals surface area contributed by atoms with Crippen molar-refractivity contribution in [3.63, 3.8) is 0 Å². The Kier molecular flexibility index (Phi) is 5.63. The second kappa shape index (κ2) is 6.78. The van der Waals surface area contributed by atoms with Gasteiger partial charge in [0.1, 0.15) is 5.54 Å². The van der Waals surface area contributed by atoms with E-state index in [1.54, 1.807) is 4.57 Å². The molecule has 0 saturated heterocycles. The Balaban J connectivity index is 2.76. The summed E-state index contributed by atoms with van der Waals surface area (Å²) in [7, 11) is 0. The summed E-state index contributed by atoms with van der Waals surface area (Å²) < 4.78 is 1.60. The van der Waals surface area contributed by atoms with Gasteiger partial charge in [-0.15, -0.1) is 5.10 Å². The number of thioether (sulfide) groups is 1. The maximum Gasteiger partial charge on any atom is 0.344 e. The van der Waals surface area contributed by atoms with Gasteiger partial charge in [-0.3, -0.25) is 9.88 Å². The highest BCUT2D eigenvalue weighted by atomic mass is 32.2. The number of rotatable bonds is 7. The predicted octanol–water partition coefficient (Wildman–Crippen LogP) is 1.53. The van der Waals surface area contributed by atoms with Gasteiger partial charge < -0.3 is 0 Å². The monoisotopic (exact) mass is 283 g/mol. The summed E-state index contributed by atoms with van der Waals surface area (Å²) in [6, 6.07) is 2.33. The molecule has 1 aromatic heterocycles. The second-order valence-electron chi connectivity index (χ2n) is 4.93. The van der Waals surface area contributed by atoms with Crippen LogP contribution in [0.3, 0.4) is 0 Å². The van der Waals surface area contributed by atoms with E-state index in [2.05, 4.69) is 28.5 Å². The van der Waals surface area contributed by atoms with E-state index in [0.29, 0.717) is 10.9 Å². The van der Waals surface area contributed by atoms with Crippen LogP contribution in [0.4, 0.5) is 0 Å². The summed E-state index contributed by atoms with van der Waals surface area (Å²) in [4.78, 5) is 11.6. The van der Waals surface area contributed by atoms with Gasteiger partial charge in [-0.1, -0.05) is 18.7 Å². The lowest BCUT2D eigenvalue weighted by atomic mass is 10.1. The van der Waals surface area contributed by atoms with Crippen LogP contribution in [-0.2, 0) is 0 Å². The normalized spacial score (nSPS) is 14.3. The van der Waals surface area contributed by atoms with Crippen LogP contribution in [0.2, 0.25) is 0 Å². The van der Waals surface area contributed by atoms with Gasteiger partial charge in [-0.25, -0.2) is 9.89 Å². The van der Waals surface area contributed by atoms with Crippen molar-refractivity contribution in [2.24, 2.45) is 0 Å². The van der Waals surface area contributed by atoms with E-state index >= 15 is 0 Å². The van der Waals surface area contributed by atoms with Crippen LogP contribution in [0.25, 0.3) is 0 Å². The number of aromatic nitrogens is 3. The average Bonchev–Trinajstić information content (AvgIpc) is 2.75. The highest BCUT2D eigenvalue weighted by molar-refractivity contribution is 7.99. The number of hydrogen-bond acceptors (Lipinski definition) is 5. The van der Waals surface area contributed by atoms with Crippen molar-refractivity contribution in [2.75, 3.05) is 12.3 Å². The van der Waals surface area contributed by atoms with Crippen LogP contribution in [0, 0.1) is 11.3 Å². The summed E-state index contributed by atoms with van der Waals surface area (Å²) in [5.74, 6) is 0.542. The molecule has 0 saturated carbocycles. The summed E-state index contributed by atoms with van der Waals surface area (Å²) in [5, 5.41) is 19.5. The number of H-pyrrole nitrogens is 1. The zero-order valence-corrected chi connectivity index (χ0v) is 12.7. The molecule has 0 bridgehead atoms. The van der Waals surface area contributed by atoms with E-state index in [4.69, 9.17) is 0 Å². The molecule has 0 radical (unpaired) electrons. The first-order chi connectivity index (χ1) is 8.93. The van der Waals surface area contributed by atoms with Crippen LogP contribution >= 0.6 is 11.8 Å². The van der Waals surface area contributed by atoms with Gasteiger partial charge >= 0.3 is 5.69 Å². The lowest BCUT2D eigenvalue weighted by molar-refractivity contribution is 0.491. The quantitative estimate of drug-likeness (QED) is 0.741. The van der Waals surface area contributed by atoms with Crippen molar-refractivity contribution in [1.29, 1.82) is 5.26 Å². The molecule has 1 atom stereocenters. The number of hydrogen-bond donors (Lipinski definition) is 2. The maximum atomic E-state index is 11.6. The second-order valence-corrected chi connectivity index (χ2v) is 5.88. The Morgan fingerprint density at radius 1 is 1.63 bits per heavy atom. The van der Waals surface area contributed by atoms with Crippen LogP contribution < -0.4 is 11.0 Å². The highest BCUT2D eigenvalue weighted by Crippen LogP contribution is 2.21. The molecule has 1 aromatic rings. The Bertz CT molecular complexity index is 501. The molecule has 106 valence electrons. The van der Waals surface area contributed by atoms with Gasteiger partial charge in [0.2, 0.25) is 0 Å². The third-order valence-corrected chi connectivity index (χ3v) is 3.96. The molecule has 7 heteroatoms. The van der Waals surface area contributed by atoms with Crippen molar-refractivity contribution in [3.05, 3.63) is 10.5 Å². The lowest BCUT2D eigenvalue weighted by Gasteiger charge is -2.22. The first kappa shape index (κ1) is 15.8. The standard InChI is InChI=1S/C12H21N5OS/c1-5-6-14-12(4,7-13)8-19-11-16-15-10(18)17(11)9(2)3/h9,14H,5-6,8H2,1-4H3,(H,15,18). The summed E-state index contributed by atoms with van der Waals surface area (Å²) >= 11 is 1.41. The van der Waals surface area contributed by atoms with Gasteiger partial charge in [0.15, 0.2) is 5.16 Å². The molecular formula is C12H21N5OS. The van der Waals surface area contributed by atoms with E-state index in [0.717, 1.165) is 13.0 Å². The Morgan fingerprint density at radius 3 is 2.84 bits per heavy atom. The molecule has 0 aromatic carbocycles. The van der Waals surface area contributed by atoms with Gasteiger partial charge in [0.25, 0.3) is 0 Å². The zero-order valence-electron chi connectivity index (χ0n) is 11.9. The maximum absolute atomic E-state index is 11.6. The van der Waals surface area contributed by atoms with Crippen molar-refractivity contribution in [2.45, 2.75) is 50.9 Å². The van der Waals surface area contributed by atoms with Crippen molar-refractivity contribution in [3.8, 4) is 6.07 Å². The van der Waals surface area contributed by atoms with E-state index in [1.165, 1.54) is 11.8 Å². The molecule has 0 aliphatic heterocycles. The summed E-state index contributed by atoms with van der Waals surface area (Å²) in [5.41, 5.74) is -0.824. The van der Waals surface area contributed by atoms with E-state index in [-0.39, 0.29) is 11.7 Å². The van der Waals surface area contributed by atoms with Crippen molar-refractivity contribution in [1.82, 2.24) is 20.1 Å². The van der Waals surface area contributed by atoms with Crippen LogP contribution in [0.1, 0.15) is 40.2 Å². The van der Waals surface area contributed by atoms with E-state index in [1.807, 2.05) is 20.8 Å². The van der Waals surface area contributed by atoms with Gasteiger partial charge in [0.05, 0.1) is 6.07 Å². The summed E-state index contributed by atoms with van der Waals surface area (Å²) in [6.45, 7) is 8.57. The third kappa shape index (κ3) is 4.11. The fraction of sp³-hybridized carbons (Fsp3) is 0.750. The Hall–Kier alpha value is -1.26. The Labute approximate surface area is 117 Å². The average molecular weight is 283 g/mol.